The minimum absolute atomic E-state index is 0.0696. The summed E-state index contributed by atoms with van der Waals surface area (Å²) in [4.78, 5) is 39.9. The van der Waals surface area contributed by atoms with Gasteiger partial charge in [0, 0.05) is 17.5 Å². The first kappa shape index (κ1) is 20.7. The van der Waals surface area contributed by atoms with E-state index in [2.05, 4.69) is 9.72 Å². The van der Waals surface area contributed by atoms with Crippen LogP contribution in [0.5, 0.6) is 0 Å². The summed E-state index contributed by atoms with van der Waals surface area (Å²) in [6.45, 7) is 6.65. The zero-order valence-corrected chi connectivity index (χ0v) is 16.3. The van der Waals surface area contributed by atoms with E-state index in [1.54, 1.807) is 27.7 Å². The third-order valence-corrected chi connectivity index (χ3v) is 4.08. The highest BCUT2D eigenvalue weighted by molar-refractivity contribution is 6.19. The zero-order valence-electron chi connectivity index (χ0n) is 16.3. The second-order valence-corrected chi connectivity index (χ2v) is 5.95. The maximum atomic E-state index is 13.0. The van der Waals surface area contributed by atoms with E-state index in [0.29, 0.717) is 17.1 Å². The van der Waals surface area contributed by atoms with Crippen LogP contribution in [-0.4, -0.2) is 36.4 Å². The summed E-state index contributed by atoms with van der Waals surface area (Å²) >= 11 is 0. The molecule has 1 N–H and O–H groups in total. The highest BCUT2D eigenvalue weighted by Crippen LogP contribution is 2.25. The van der Waals surface area contributed by atoms with Crippen LogP contribution in [0.15, 0.2) is 16.1 Å². The second-order valence-electron chi connectivity index (χ2n) is 5.95. The molecule has 0 saturated heterocycles. The lowest BCUT2D eigenvalue weighted by Crippen LogP contribution is -2.13. The number of methoxy groups -OCH3 is 1. The highest BCUT2D eigenvalue weighted by atomic mass is 16.5. The minimum Gasteiger partial charge on any atom is -0.465 e. The number of aromatic nitrogens is 1. The molecule has 0 aliphatic carbocycles. The van der Waals surface area contributed by atoms with Gasteiger partial charge in [-0.1, -0.05) is 0 Å². The first-order valence-electron chi connectivity index (χ1n) is 8.46. The van der Waals surface area contributed by atoms with E-state index in [1.807, 2.05) is 6.07 Å². The van der Waals surface area contributed by atoms with Crippen molar-refractivity contribution in [2.45, 2.75) is 27.7 Å². The van der Waals surface area contributed by atoms with Gasteiger partial charge in [0.2, 0.25) is 5.78 Å². The number of furan rings is 1. The maximum Gasteiger partial charge on any atom is 0.341 e. The number of esters is 2. The van der Waals surface area contributed by atoms with E-state index in [9.17, 15) is 19.6 Å². The van der Waals surface area contributed by atoms with Gasteiger partial charge in [0.05, 0.1) is 24.8 Å². The Kier molecular flexibility index (Phi) is 6.21. The first-order chi connectivity index (χ1) is 13.2. The number of ketones is 1. The summed E-state index contributed by atoms with van der Waals surface area (Å²) in [6.07, 6.45) is 1.22. The first-order valence-corrected chi connectivity index (χ1v) is 8.46. The number of aromatic amines is 1. The number of rotatable bonds is 6. The molecule has 0 aromatic carbocycles. The molecule has 0 fully saturated rings. The van der Waals surface area contributed by atoms with Crippen LogP contribution in [0.25, 0.3) is 6.08 Å². The molecule has 0 amide bonds. The van der Waals surface area contributed by atoms with Crippen LogP contribution in [0.4, 0.5) is 0 Å². The Bertz CT molecular complexity index is 1020. The van der Waals surface area contributed by atoms with E-state index >= 15 is 0 Å². The van der Waals surface area contributed by atoms with Crippen LogP contribution in [0, 0.1) is 32.1 Å². The molecule has 0 bridgehead atoms. The largest absolute Gasteiger partial charge is 0.465 e. The van der Waals surface area contributed by atoms with E-state index in [4.69, 9.17) is 9.15 Å². The number of nitrogens with one attached hydrogen (secondary N) is 1. The molecule has 2 heterocycles. The van der Waals surface area contributed by atoms with Gasteiger partial charge in [-0.15, -0.1) is 0 Å². The Morgan fingerprint density at radius 1 is 1.18 bits per heavy atom. The maximum absolute atomic E-state index is 13.0. The van der Waals surface area contributed by atoms with Crippen molar-refractivity contribution in [1.29, 1.82) is 5.26 Å². The fourth-order valence-electron chi connectivity index (χ4n) is 2.84. The number of Topliss-reactive ketones (excluding diaryl/α,β-unsaturated/α-hetero) is 1. The number of ether oxygens (including phenoxy) is 2. The number of hydrogen-bond acceptors (Lipinski definition) is 7. The van der Waals surface area contributed by atoms with Crippen molar-refractivity contribution in [2.75, 3.05) is 13.7 Å². The predicted octanol–water partition coefficient (Wildman–Crippen LogP) is 3.29. The summed E-state index contributed by atoms with van der Waals surface area (Å²) in [5.41, 5.74) is 1.02. The molecular weight excluding hydrogens is 364 g/mol. The topological polar surface area (TPSA) is 122 Å². The summed E-state index contributed by atoms with van der Waals surface area (Å²) in [5.74, 6) is -1.45. The third-order valence-electron chi connectivity index (χ3n) is 4.08. The molecule has 0 atom stereocenters. The number of hydrogen-bond donors (Lipinski definition) is 1. The number of carbonyl (C=O) groups excluding carboxylic acids is 3. The second kappa shape index (κ2) is 8.39. The van der Waals surface area contributed by atoms with Crippen LogP contribution >= 0.6 is 0 Å². The summed E-state index contributed by atoms with van der Waals surface area (Å²) < 4.78 is 15.1. The number of allylic oxidation sites excluding steroid dienone is 1. The smallest absolute Gasteiger partial charge is 0.341 e. The lowest BCUT2D eigenvalue weighted by atomic mass is 9.99. The van der Waals surface area contributed by atoms with Crippen molar-refractivity contribution in [3.63, 3.8) is 0 Å². The quantitative estimate of drug-likeness (QED) is 0.351. The molecule has 28 heavy (non-hydrogen) atoms. The van der Waals surface area contributed by atoms with Gasteiger partial charge < -0.3 is 18.9 Å². The van der Waals surface area contributed by atoms with Crippen molar-refractivity contribution in [3.05, 3.63) is 51.2 Å². The normalized spacial score (nSPS) is 11.1. The molecule has 2 rings (SSSR count). The molecule has 0 saturated carbocycles. The van der Waals surface area contributed by atoms with Gasteiger partial charge in [-0.2, -0.15) is 5.26 Å². The van der Waals surface area contributed by atoms with Gasteiger partial charge >= 0.3 is 11.9 Å². The van der Waals surface area contributed by atoms with Crippen LogP contribution in [0.2, 0.25) is 0 Å². The SMILES string of the molecule is CCOC(=O)c1c(C)[nH]c(C)c1C(=O)/C(C#N)=C/c1cc(C(=O)OC)c(C)o1. The summed E-state index contributed by atoms with van der Waals surface area (Å²) in [5, 5.41) is 9.48. The lowest BCUT2D eigenvalue weighted by Gasteiger charge is -2.05. The van der Waals surface area contributed by atoms with Gasteiger partial charge in [0.15, 0.2) is 0 Å². The van der Waals surface area contributed by atoms with Crippen LogP contribution in [-0.2, 0) is 9.47 Å². The molecule has 0 spiro atoms. The molecule has 0 aliphatic rings. The summed E-state index contributed by atoms with van der Waals surface area (Å²) in [7, 11) is 1.24. The predicted molar refractivity (Wildman–Crippen MR) is 98.9 cm³/mol. The van der Waals surface area contributed by atoms with Gasteiger partial charge in [-0.25, -0.2) is 9.59 Å². The van der Waals surface area contributed by atoms with Gasteiger partial charge in [-0.05, 0) is 33.8 Å². The number of aryl methyl sites for hydroxylation is 3. The van der Waals surface area contributed by atoms with Crippen LogP contribution in [0.1, 0.15) is 60.9 Å². The Morgan fingerprint density at radius 2 is 1.82 bits per heavy atom. The molecular formula is C20H20N2O6. The Labute approximate surface area is 161 Å². The fourth-order valence-corrected chi connectivity index (χ4v) is 2.84. The van der Waals surface area contributed by atoms with Crippen molar-refractivity contribution < 1.29 is 28.3 Å². The van der Waals surface area contributed by atoms with Gasteiger partial charge in [0.1, 0.15) is 28.7 Å². The van der Waals surface area contributed by atoms with Crippen LogP contribution in [0.3, 0.4) is 0 Å². The lowest BCUT2D eigenvalue weighted by molar-refractivity contribution is 0.0522. The van der Waals surface area contributed by atoms with Gasteiger partial charge in [-0.3, -0.25) is 4.79 Å². The van der Waals surface area contributed by atoms with Crippen LogP contribution < -0.4 is 0 Å². The minimum atomic E-state index is -0.652. The number of carbonyl (C=O) groups is 3. The average molecular weight is 384 g/mol. The number of nitriles is 1. The molecule has 146 valence electrons. The highest BCUT2D eigenvalue weighted by Gasteiger charge is 2.27. The third kappa shape index (κ3) is 3.88. The fraction of sp³-hybridized carbons (Fsp3) is 0.300. The zero-order chi connectivity index (χ0) is 21.0. The van der Waals surface area contributed by atoms with Crippen molar-refractivity contribution in [3.8, 4) is 6.07 Å². The van der Waals surface area contributed by atoms with E-state index < -0.39 is 17.7 Å². The van der Waals surface area contributed by atoms with Crippen molar-refractivity contribution >= 4 is 23.8 Å². The van der Waals surface area contributed by atoms with E-state index in [0.717, 1.165) is 0 Å². The molecule has 0 unspecified atom stereocenters. The molecule has 0 radical (unpaired) electrons. The molecule has 0 aliphatic heterocycles. The Hall–Kier alpha value is -3.60. The van der Waals surface area contributed by atoms with E-state index in [-0.39, 0.29) is 34.6 Å². The standard InChI is InChI=1S/C20H20N2O6/c1-6-27-20(25)17-11(3)22-10(2)16(17)18(23)13(9-21)7-14-8-15(12(4)28-14)19(24)26-5/h7-8,22H,6H2,1-5H3/b13-7+. The Morgan fingerprint density at radius 3 is 2.39 bits per heavy atom. The molecule has 8 nitrogen and oxygen atoms in total. The van der Waals surface area contributed by atoms with Gasteiger partial charge in [0.25, 0.3) is 0 Å². The Balaban J connectivity index is 2.51. The monoisotopic (exact) mass is 384 g/mol. The molecule has 8 heteroatoms. The molecule has 2 aromatic rings. The molecule has 2 aromatic heterocycles. The summed E-state index contributed by atoms with van der Waals surface area (Å²) in [6, 6.07) is 3.21. The van der Waals surface area contributed by atoms with Crippen molar-refractivity contribution in [2.24, 2.45) is 0 Å². The van der Waals surface area contributed by atoms with Crippen molar-refractivity contribution in [1.82, 2.24) is 4.98 Å². The number of H-pyrrole nitrogens is 1. The average Bonchev–Trinajstić information content (AvgIpc) is 3.17. The van der Waals surface area contributed by atoms with E-state index in [1.165, 1.54) is 19.3 Å². The number of nitrogens with zero attached hydrogens (tertiary/aromatic N) is 1.